The maximum absolute atomic E-state index is 6.33. The van der Waals surface area contributed by atoms with E-state index in [2.05, 4.69) is 41.6 Å². The zero-order valence-corrected chi connectivity index (χ0v) is 13.9. The summed E-state index contributed by atoms with van der Waals surface area (Å²) in [6, 6.07) is 8.20. The van der Waals surface area contributed by atoms with Crippen molar-refractivity contribution in [2.24, 2.45) is 5.92 Å². The molecule has 1 aliphatic rings. The number of alkyl halides is 1. The summed E-state index contributed by atoms with van der Waals surface area (Å²) in [4.78, 5) is 0. The van der Waals surface area contributed by atoms with E-state index < -0.39 is 0 Å². The minimum atomic E-state index is 0.148. The van der Waals surface area contributed by atoms with Crippen LogP contribution in [0.5, 0.6) is 5.75 Å². The van der Waals surface area contributed by atoms with E-state index in [4.69, 9.17) is 9.47 Å². The SMILES string of the molecule is COc1ccccc1C(CI)OC1CCC(C)CC1. The number of hydrogen-bond acceptors (Lipinski definition) is 2. The van der Waals surface area contributed by atoms with Gasteiger partial charge >= 0.3 is 0 Å². The number of rotatable bonds is 5. The molecule has 0 N–H and O–H groups in total. The molecule has 1 aromatic carbocycles. The first-order chi connectivity index (χ1) is 9.24. The number of methoxy groups -OCH3 is 1. The van der Waals surface area contributed by atoms with E-state index >= 15 is 0 Å². The van der Waals surface area contributed by atoms with E-state index in [1.165, 1.54) is 31.2 Å². The predicted octanol–water partition coefficient (Wildman–Crippen LogP) is 4.77. The van der Waals surface area contributed by atoms with E-state index in [0.29, 0.717) is 6.10 Å². The molecule has 106 valence electrons. The van der Waals surface area contributed by atoms with E-state index in [0.717, 1.165) is 16.1 Å². The van der Waals surface area contributed by atoms with Crippen LogP contribution in [-0.4, -0.2) is 17.6 Å². The summed E-state index contributed by atoms with van der Waals surface area (Å²) >= 11 is 2.41. The zero-order valence-electron chi connectivity index (χ0n) is 11.8. The Hall–Kier alpha value is -0.290. The minimum Gasteiger partial charge on any atom is -0.496 e. The molecular formula is C16H23IO2. The van der Waals surface area contributed by atoms with Gasteiger partial charge in [-0.2, -0.15) is 0 Å². The summed E-state index contributed by atoms with van der Waals surface area (Å²) in [5.74, 6) is 1.80. The second-order valence-electron chi connectivity index (χ2n) is 5.40. The Balaban J connectivity index is 2.03. The molecule has 1 aliphatic carbocycles. The molecule has 0 amide bonds. The van der Waals surface area contributed by atoms with Crippen LogP contribution in [0.3, 0.4) is 0 Å². The Morgan fingerprint density at radius 3 is 2.53 bits per heavy atom. The second-order valence-corrected chi connectivity index (χ2v) is 6.28. The number of benzene rings is 1. The van der Waals surface area contributed by atoms with Gasteiger partial charge in [0, 0.05) is 9.99 Å². The zero-order chi connectivity index (χ0) is 13.7. The van der Waals surface area contributed by atoms with Crippen molar-refractivity contribution >= 4 is 22.6 Å². The molecule has 3 heteroatoms. The fourth-order valence-corrected chi connectivity index (χ4v) is 3.41. The lowest BCUT2D eigenvalue weighted by molar-refractivity contribution is -0.0256. The van der Waals surface area contributed by atoms with Gasteiger partial charge in [0.05, 0.1) is 19.3 Å². The van der Waals surface area contributed by atoms with Crippen LogP contribution in [0.2, 0.25) is 0 Å². The maximum Gasteiger partial charge on any atom is 0.124 e. The van der Waals surface area contributed by atoms with Crippen LogP contribution >= 0.6 is 22.6 Å². The largest absolute Gasteiger partial charge is 0.496 e. The Bertz CT molecular complexity index is 386. The van der Waals surface area contributed by atoms with Crippen molar-refractivity contribution in [3.8, 4) is 5.75 Å². The van der Waals surface area contributed by atoms with Crippen LogP contribution in [0.25, 0.3) is 0 Å². The highest BCUT2D eigenvalue weighted by Gasteiger charge is 2.24. The highest BCUT2D eigenvalue weighted by atomic mass is 127. The van der Waals surface area contributed by atoms with Gasteiger partial charge < -0.3 is 9.47 Å². The Kier molecular flexibility index (Phi) is 5.95. The Labute approximate surface area is 130 Å². The quantitative estimate of drug-likeness (QED) is 0.546. The summed E-state index contributed by atoms with van der Waals surface area (Å²) in [7, 11) is 1.73. The van der Waals surface area contributed by atoms with Gasteiger partial charge in [-0.25, -0.2) is 0 Å². The van der Waals surface area contributed by atoms with Crippen LogP contribution < -0.4 is 4.74 Å². The maximum atomic E-state index is 6.33. The van der Waals surface area contributed by atoms with Gasteiger partial charge in [0.1, 0.15) is 5.75 Å². The van der Waals surface area contributed by atoms with Crippen LogP contribution in [0.15, 0.2) is 24.3 Å². The standard InChI is InChI=1S/C16H23IO2/c1-12-7-9-13(10-8-12)19-16(11-17)14-5-3-4-6-15(14)18-2/h3-6,12-13,16H,7-11H2,1-2H3. The van der Waals surface area contributed by atoms with Crippen molar-refractivity contribution in [1.29, 1.82) is 0 Å². The third kappa shape index (κ3) is 4.09. The predicted molar refractivity (Wildman–Crippen MR) is 87.1 cm³/mol. The summed E-state index contributed by atoms with van der Waals surface area (Å²) in [6.45, 7) is 2.34. The summed E-state index contributed by atoms with van der Waals surface area (Å²) in [5.41, 5.74) is 1.18. The van der Waals surface area contributed by atoms with E-state index in [1.807, 2.05) is 12.1 Å². The van der Waals surface area contributed by atoms with E-state index in [1.54, 1.807) is 7.11 Å². The lowest BCUT2D eigenvalue weighted by atomic mass is 9.89. The summed E-state index contributed by atoms with van der Waals surface area (Å²) in [6.07, 6.45) is 5.55. The van der Waals surface area contributed by atoms with Gasteiger partial charge in [-0.15, -0.1) is 0 Å². The molecule has 0 spiro atoms. The van der Waals surface area contributed by atoms with Crippen molar-refractivity contribution < 1.29 is 9.47 Å². The fraction of sp³-hybridized carbons (Fsp3) is 0.625. The number of para-hydroxylation sites is 1. The van der Waals surface area contributed by atoms with Gasteiger partial charge in [-0.1, -0.05) is 47.7 Å². The van der Waals surface area contributed by atoms with Crippen molar-refractivity contribution in [1.82, 2.24) is 0 Å². The second kappa shape index (κ2) is 7.48. The number of hydrogen-bond donors (Lipinski definition) is 0. The third-order valence-corrected chi connectivity index (χ3v) is 4.75. The van der Waals surface area contributed by atoms with Gasteiger partial charge in [-0.3, -0.25) is 0 Å². The molecule has 0 saturated heterocycles. The van der Waals surface area contributed by atoms with Crippen LogP contribution in [-0.2, 0) is 4.74 Å². The molecule has 19 heavy (non-hydrogen) atoms. The lowest BCUT2D eigenvalue weighted by Gasteiger charge is -2.30. The van der Waals surface area contributed by atoms with Gasteiger partial charge in [0.25, 0.3) is 0 Å². The Morgan fingerprint density at radius 1 is 1.21 bits per heavy atom. The normalized spacial score (nSPS) is 25.0. The topological polar surface area (TPSA) is 18.5 Å². The van der Waals surface area contributed by atoms with E-state index in [9.17, 15) is 0 Å². The summed E-state index contributed by atoms with van der Waals surface area (Å²) in [5, 5.41) is 0. The number of halogens is 1. The fourth-order valence-electron chi connectivity index (χ4n) is 2.72. The molecule has 0 aliphatic heterocycles. The van der Waals surface area contributed by atoms with Crippen LogP contribution in [0, 0.1) is 5.92 Å². The molecule has 1 saturated carbocycles. The molecule has 0 bridgehead atoms. The smallest absolute Gasteiger partial charge is 0.124 e. The van der Waals surface area contributed by atoms with Crippen LogP contribution in [0.1, 0.15) is 44.3 Å². The van der Waals surface area contributed by atoms with Gasteiger partial charge in [0.2, 0.25) is 0 Å². The third-order valence-electron chi connectivity index (χ3n) is 3.95. The monoisotopic (exact) mass is 374 g/mol. The van der Waals surface area contributed by atoms with Crippen LogP contribution in [0.4, 0.5) is 0 Å². The molecule has 1 aromatic rings. The first-order valence-corrected chi connectivity index (χ1v) is 8.61. The van der Waals surface area contributed by atoms with Gasteiger partial charge in [-0.05, 0) is 37.7 Å². The first-order valence-electron chi connectivity index (χ1n) is 7.09. The molecule has 0 heterocycles. The van der Waals surface area contributed by atoms with Crippen molar-refractivity contribution in [3.63, 3.8) is 0 Å². The minimum absolute atomic E-state index is 0.148. The molecular weight excluding hydrogens is 351 g/mol. The molecule has 0 aromatic heterocycles. The Morgan fingerprint density at radius 2 is 1.89 bits per heavy atom. The molecule has 1 atom stereocenters. The highest BCUT2D eigenvalue weighted by molar-refractivity contribution is 14.1. The highest BCUT2D eigenvalue weighted by Crippen LogP contribution is 2.34. The average Bonchev–Trinajstić information content (AvgIpc) is 2.46. The first kappa shape index (κ1) is 15.1. The number of ether oxygens (including phenoxy) is 2. The lowest BCUT2D eigenvalue weighted by Crippen LogP contribution is -2.23. The van der Waals surface area contributed by atoms with Crippen molar-refractivity contribution in [2.45, 2.75) is 44.8 Å². The summed E-state index contributed by atoms with van der Waals surface area (Å²) < 4.78 is 12.7. The van der Waals surface area contributed by atoms with Gasteiger partial charge in [0.15, 0.2) is 0 Å². The molecule has 2 nitrogen and oxygen atoms in total. The molecule has 0 radical (unpaired) electrons. The average molecular weight is 374 g/mol. The molecule has 2 rings (SSSR count). The van der Waals surface area contributed by atoms with E-state index in [-0.39, 0.29) is 6.10 Å². The van der Waals surface area contributed by atoms with Crippen molar-refractivity contribution in [2.75, 3.05) is 11.5 Å². The molecule has 1 unspecified atom stereocenters. The van der Waals surface area contributed by atoms with Crippen molar-refractivity contribution in [3.05, 3.63) is 29.8 Å². The molecule has 1 fully saturated rings.